The number of rotatable bonds is 2. The first-order chi connectivity index (χ1) is 7.06. The van der Waals surface area contributed by atoms with Crippen molar-refractivity contribution in [3.05, 3.63) is 0 Å². The van der Waals surface area contributed by atoms with E-state index < -0.39 is 18.1 Å². The summed E-state index contributed by atoms with van der Waals surface area (Å²) in [5.41, 5.74) is 0. The Morgan fingerprint density at radius 2 is 2.00 bits per heavy atom. The number of carbonyl (C=O) groups is 2. The molecule has 0 aromatic carbocycles. The van der Waals surface area contributed by atoms with Crippen molar-refractivity contribution in [3.8, 4) is 0 Å². The maximum absolute atomic E-state index is 13.6. The third kappa shape index (κ3) is 2.91. The molecule has 1 aliphatic rings. The fraction of sp³-hybridized carbons (Fsp3) is 0.800. The Morgan fingerprint density at radius 3 is 2.53 bits per heavy atom. The summed E-state index contributed by atoms with van der Waals surface area (Å²) in [5.74, 6) is -0.933. The first-order valence-corrected chi connectivity index (χ1v) is 5.19. The molecule has 0 spiro atoms. The predicted octanol–water partition coefficient (Wildman–Crippen LogP) is 0.375. The first kappa shape index (κ1) is 11.9. The van der Waals surface area contributed by atoms with E-state index in [2.05, 4.69) is 10.6 Å². The highest BCUT2D eigenvalue weighted by atomic mass is 19.1. The van der Waals surface area contributed by atoms with Crippen LogP contribution in [0.2, 0.25) is 0 Å². The highest BCUT2D eigenvalue weighted by Crippen LogP contribution is 2.27. The van der Waals surface area contributed by atoms with E-state index in [-0.39, 0.29) is 11.8 Å². The molecule has 1 aliphatic carbocycles. The van der Waals surface area contributed by atoms with Gasteiger partial charge in [0.1, 0.15) is 6.17 Å². The number of halogens is 1. The lowest BCUT2D eigenvalue weighted by atomic mass is 9.82. The van der Waals surface area contributed by atoms with Gasteiger partial charge in [0.05, 0.1) is 12.0 Å². The largest absolute Gasteiger partial charge is 0.359 e. The maximum atomic E-state index is 13.6. The van der Waals surface area contributed by atoms with Gasteiger partial charge in [-0.15, -0.1) is 0 Å². The van der Waals surface area contributed by atoms with Crippen LogP contribution in [0.1, 0.15) is 26.2 Å². The molecule has 86 valence electrons. The van der Waals surface area contributed by atoms with Gasteiger partial charge in [-0.25, -0.2) is 4.39 Å². The predicted molar refractivity (Wildman–Crippen MR) is 53.9 cm³/mol. The lowest BCUT2D eigenvalue weighted by Crippen LogP contribution is -2.52. The molecule has 0 aromatic rings. The van der Waals surface area contributed by atoms with Crippen LogP contribution in [0.25, 0.3) is 0 Å². The van der Waals surface area contributed by atoms with Crippen molar-refractivity contribution in [3.63, 3.8) is 0 Å². The van der Waals surface area contributed by atoms with Crippen LogP contribution >= 0.6 is 0 Å². The van der Waals surface area contributed by atoms with Crippen molar-refractivity contribution in [2.45, 2.75) is 38.4 Å². The molecule has 0 aromatic heterocycles. The fourth-order valence-corrected chi connectivity index (χ4v) is 2.05. The molecule has 0 saturated heterocycles. The summed E-state index contributed by atoms with van der Waals surface area (Å²) in [4.78, 5) is 22.4. The number of amides is 2. The Kier molecular flexibility index (Phi) is 4.05. The lowest BCUT2D eigenvalue weighted by Gasteiger charge is -2.33. The average Bonchev–Trinajstić information content (AvgIpc) is 2.19. The normalized spacial score (nSPS) is 30.7. The standard InChI is InChI=1S/C10H17FN2O2/c1-6(14)13-9-7(10(15)12-2)4-3-5-8(9)11/h7-9H,3-5H2,1-2H3,(H,12,15)(H,13,14). The molecule has 3 unspecified atom stereocenters. The van der Waals surface area contributed by atoms with Crippen LogP contribution in [-0.2, 0) is 9.59 Å². The molecule has 0 aliphatic heterocycles. The summed E-state index contributed by atoms with van der Waals surface area (Å²) in [6, 6.07) is -0.670. The Bertz CT molecular complexity index is 258. The van der Waals surface area contributed by atoms with Gasteiger partial charge < -0.3 is 10.6 Å². The zero-order valence-electron chi connectivity index (χ0n) is 9.05. The second-order valence-electron chi connectivity index (χ2n) is 3.89. The topological polar surface area (TPSA) is 58.2 Å². The third-order valence-corrected chi connectivity index (χ3v) is 2.77. The van der Waals surface area contributed by atoms with Crippen LogP contribution in [-0.4, -0.2) is 31.1 Å². The molecule has 1 saturated carbocycles. The Balaban J connectivity index is 2.72. The van der Waals surface area contributed by atoms with Crippen LogP contribution in [0, 0.1) is 5.92 Å². The van der Waals surface area contributed by atoms with Gasteiger partial charge in [-0.05, 0) is 19.3 Å². The van der Waals surface area contributed by atoms with Gasteiger partial charge in [-0.3, -0.25) is 9.59 Å². The number of alkyl halides is 1. The SMILES string of the molecule is CNC(=O)C1CCCC(F)C1NC(C)=O. The minimum atomic E-state index is -1.12. The summed E-state index contributed by atoms with van der Waals surface area (Å²) < 4.78 is 13.6. The van der Waals surface area contributed by atoms with Crippen molar-refractivity contribution >= 4 is 11.8 Å². The number of carbonyl (C=O) groups excluding carboxylic acids is 2. The summed E-state index contributed by atoms with van der Waals surface area (Å²) in [6.45, 7) is 1.34. The minimum absolute atomic E-state index is 0.198. The Labute approximate surface area is 88.6 Å². The van der Waals surface area contributed by atoms with E-state index in [9.17, 15) is 14.0 Å². The Hall–Kier alpha value is -1.13. The molecule has 3 atom stereocenters. The number of hydrogen-bond donors (Lipinski definition) is 2. The minimum Gasteiger partial charge on any atom is -0.359 e. The van der Waals surface area contributed by atoms with Crippen LogP contribution in [0.3, 0.4) is 0 Å². The van der Waals surface area contributed by atoms with E-state index in [0.717, 1.165) is 0 Å². The van der Waals surface area contributed by atoms with E-state index in [1.54, 1.807) is 0 Å². The second kappa shape index (κ2) is 5.09. The lowest BCUT2D eigenvalue weighted by molar-refractivity contribution is -0.129. The molecule has 0 bridgehead atoms. The van der Waals surface area contributed by atoms with Gasteiger partial charge >= 0.3 is 0 Å². The molecule has 2 amide bonds. The Morgan fingerprint density at radius 1 is 1.33 bits per heavy atom. The van der Waals surface area contributed by atoms with Crippen LogP contribution in [0.5, 0.6) is 0 Å². The van der Waals surface area contributed by atoms with Crippen molar-refractivity contribution < 1.29 is 14.0 Å². The summed E-state index contributed by atoms with van der Waals surface area (Å²) in [5, 5.41) is 5.02. The van der Waals surface area contributed by atoms with Crippen molar-refractivity contribution in [2.75, 3.05) is 7.05 Å². The molecular weight excluding hydrogens is 199 g/mol. The maximum Gasteiger partial charge on any atom is 0.225 e. The third-order valence-electron chi connectivity index (χ3n) is 2.77. The molecule has 15 heavy (non-hydrogen) atoms. The average molecular weight is 216 g/mol. The van der Waals surface area contributed by atoms with Gasteiger partial charge in [0.15, 0.2) is 0 Å². The highest BCUT2D eigenvalue weighted by Gasteiger charge is 2.37. The van der Waals surface area contributed by atoms with E-state index >= 15 is 0 Å². The molecule has 0 heterocycles. The quantitative estimate of drug-likeness (QED) is 0.701. The summed E-state index contributed by atoms with van der Waals surface area (Å²) in [7, 11) is 1.52. The summed E-state index contributed by atoms with van der Waals surface area (Å²) in [6.07, 6.45) is 0.615. The van der Waals surface area contributed by atoms with Gasteiger partial charge in [0.25, 0.3) is 0 Å². The number of nitrogens with one attached hydrogen (secondary N) is 2. The molecule has 0 radical (unpaired) electrons. The smallest absolute Gasteiger partial charge is 0.225 e. The van der Waals surface area contributed by atoms with E-state index in [1.165, 1.54) is 14.0 Å². The van der Waals surface area contributed by atoms with E-state index in [1.807, 2.05) is 0 Å². The van der Waals surface area contributed by atoms with Gasteiger partial charge in [0, 0.05) is 14.0 Å². The van der Waals surface area contributed by atoms with Gasteiger partial charge in [-0.1, -0.05) is 0 Å². The number of hydrogen-bond acceptors (Lipinski definition) is 2. The fourth-order valence-electron chi connectivity index (χ4n) is 2.05. The first-order valence-electron chi connectivity index (χ1n) is 5.19. The van der Waals surface area contributed by atoms with Gasteiger partial charge in [0.2, 0.25) is 11.8 Å². The molecule has 5 heteroatoms. The van der Waals surface area contributed by atoms with Crippen LogP contribution in [0.15, 0.2) is 0 Å². The molecule has 1 fully saturated rings. The van der Waals surface area contributed by atoms with Crippen molar-refractivity contribution in [1.29, 1.82) is 0 Å². The summed E-state index contributed by atoms with van der Waals surface area (Å²) >= 11 is 0. The molecule has 4 nitrogen and oxygen atoms in total. The van der Waals surface area contributed by atoms with Crippen LogP contribution < -0.4 is 10.6 Å². The zero-order chi connectivity index (χ0) is 11.4. The molecule has 1 rings (SSSR count). The molecular formula is C10H17FN2O2. The zero-order valence-corrected chi connectivity index (χ0v) is 9.05. The highest BCUT2D eigenvalue weighted by molar-refractivity contribution is 5.81. The second-order valence-corrected chi connectivity index (χ2v) is 3.89. The molecule has 2 N–H and O–H groups in total. The van der Waals surface area contributed by atoms with E-state index in [4.69, 9.17) is 0 Å². The van der Waals surface area contributed by atoms with Crippen LogP contribution in [0.4, 0.5) is 4.39 Å². The van der Waals surface area contributed by atoms with Crippen molar-refractivity contribution in [1.82, 2.24) is 10.6 Å². The van der Waals surface area contributed by atoms with E-state index in [0.29, 0.717) is 19.3 Å². The monoisotopic (exact) mass is 216 g/mol. The van der Waals surface area contributed by atoms with Gasteiger partial charge in [-0.2, -0.15) is 0 Å². The van der Waals surface area contributed by atoms with Crippen molar-refractivity contribution in [2.24, 2.45) is 5.92 Å².